The monoisotopic (exact) mass is 276 g/mol. The molecular formula is C16H18F2N2. The van der Waals surface area contributed by atoms with Crippen molar-refractivity contribution in [2.24, 2.45) is 5.84 Å². The van der Waals surface area contributed by atoms with Crippen molar-refractivity contribution in [3.05, 3.63) is 70.3 Å². The summed E-state index contributed by atoms with van der Waals surface area (Å²) < 4.78 is 26.7. The Hall–Kier alpha value is -1.78. The number of benzene rings is 2. The third-order valence-electron chi connectivity index (χ3n) is 3.55. The van der Waals surface area contributed by atoms with Crippen LogP contribution in [0.25, 0.3) is 0 Å². The predicted octanol–water partition coefficient (Wildman–Crippen LogP) is 3.33. The van der Waals surface area contributed by atoms with Crippen LogP contribution in [0, 0.1) is 25.5 Å². The van der Waals surface area contributed by atoms with Crippen molar-refractivity contribution in [3.8, 4) is 0 Å². The van der Waals surface area contributed by atoms with E-state index >= 15 is 0 Å². The summed E-state index contributed by atoms with van der Waals surface area (Å²) in [6.07, 6.45) is 0.542. The standard InChI is InChI=1S/C16H18F2N2/c1-10-3-4-12(7-11(10)2)8-16(20-19)14-6-5-13(17)9-15(14)18/h3-7,9,16,20H,8,19H2,1-2H3. The van der Waals surface area contributed by atoms with Gasteiger partial charge in [0, 0.05) is 11.6 Å². The van der Waals surface area contributed by atoms with Gasteiger partial charge in [-0.1, -0.05) is 24.3 Å². The van der Waals surface area contributed by atoms with Gasteiger partial charge < -0.3 is 0 Å². The highest BCUT2D eigenvalue weighted by molar-refractivity contribution is 5.32. The zero-order valence-electron chi connectivity index (χ0n) is 11.6. The lowest BCUT2D eigenvalue weighted by molar-refractivity contribution is 0.502. The lowest BCUT2D eigenvalue weighted by Crippen LogP contribution is -2.30. The van der Waals surface area contributed by atoms with Crippen molar-refractivity contribution in [2.45, 2.75) is 26.3 Å². The third-order valence-corrected chi connectivity index (χ3v) is 3.55. The number of hydrogen-bond donors (Lipinski definition) is 2. The van der Waals surface area contributed by atoms with E-state index in [2.05, 4.69) is 11.5 Å². The van der Waals surface area contributed by atoms with Crippen LogP contribution in [0.1, 0.15) is 28.3 Å². The normalized spacial score (nSPS) is 12.4. The van der Waals surface area contributed by atoms with Gasteiger partial charge >= 0.3 is 0 Å². The summed E-state index contributed by atoms with van der Waals surface area (Å²) in [5, 5.41) is 0. The summed E-state index contributed by atoms with van der Waals surface area (Å²) in [6, 6.07) is 9.23. The van der Waals surface area contributed by atoms with Crippen molar-refractivity contribution in [1.82, 2.24) is 5.43 Å². The number of hydrazine groups is 1. The molecule has 0 amide bonds. The minimum Gasteiger partial charge on any atom is -0.271 e. The Balaban J connectivity index is 2.26. The van der Waals surface area contributed by atoms with E-state index in [1.165, 1.54) is 23.3 Å². The summed E-state index contributed by atoms with van der Waals surface area (Å²) in [5.74, 6) is 4.34. The largest absolute Gasteiger partial charge is 0.271 e. The summed E-state index contributed by atoms with van der Waals surface area (Å²) in [4.78, 5) is 0. The number of hydrogen-bond acceptors (Lipinski definition) is 2. The van der Waals surface area contributed by atoms with E-state index in [1.807, 2.05) is 26.0 Å². The van der Waals surface area contributed by atoms with E-state index in [0.29, 0.717) is 12.0 Å². The van der Waals surface area contributed by atoms with E-state index in [-0.39, 0.29) is 0 Å². The number of rotatable bonds is 4. The number of halogens is 2. The van der Waals surface area contributed by atoms with E-state index in [1.54, 1.807) is 0 Å². The van der Waals surface area contributed by atoms with Gasteiger partial charge in [-0.3, -0.25) is 11.3 Å². The highest BCUT2D eigenvalue weighted by Gasteiger charge is 2.15. The first-order valence-electron chi connectivity index (χ1n) is 6.48. The van der Waals surface area contributed by atoms with E-state index in [4.69, 9.17) is 5.84 Å². The second-order valence-corrected chi connectivity index (χ2v) is 5.01. The molecule has 1 atom stereocenters. The first-order chi connectivity index (χ1) is 9.51. The van der Waals surface area contributed by atoms with Crippen LogP contribution in [0.3, 0.4) is 0 Å². The molecule has 0 spiro atoms. The quantitative estimate of drug-likeness (QED) is 0.664. The Bertz CT molecular complexity index is 611. The number of nitrogens with one attached hydrogen (secondary N) is 1. The van der Waals surface area contributed by atoms with Crippen molar-refractivity contribution in [1.29, 1.82) is 0 Å². The third kappa shape index (κ3) is 3.21. The topological polar surface area (TPSA) is 38.0 Å². The molecule has 0 fully saturated rings. The van der Waals surface area contributed by atoms with E-state index in [0.717, 1.165) is 11.6 Å². The van der Waals surface area contributed by atoms with Gasteiger partial charge in [-0.25, -0.2) is 8.78 Å². The Morgan fingerprint density at radius 3 is 2.40 bits per heavy atom. The molecule has 0 saturated heterocycles. The molecule has 0 radical (unpaired) electrons. The van der Waals surface area contributed by atoms with Crippen molar-refractivity contribution >= 4 is 0 Å². The molecule has 3 N–H and O–H groups in total. The molecule has 0 saturated carbocycles. The molecule has 106 valence electrons. The summed E-state index contributed by atoms with van der Waals surface area (Å²) in [5.41, 5.74) is 6.41. The molecule has 2 rings (SSSR count). The maximum atomic E-state index is 13.8. The maximum absolute atomic E-state index is 13.8. The van der Waals surface area contributed by atoms with Crippen LogP contribution in [0.4, 0.5) is 8.78 Å². The molecule has 20 heavy (non-hydrogen) atoms. The molecule has 0 heterocycles. The zero-order valence-corrected chi connectivity index (χ0v) is 11.6. The van der Waals surface area contributed by atoms with Gasteiger partial charge in [0.1, 0.15) is 11.6 Å². The van der Waals surface area contributed by atoms with Crippen LogP contribution in [0.15, 0.2) is 36.4 Å². The molecular weight excluding hydrogens is 258 g/mol. The molecule has 2 nitrogen and oxygen atoms in total. The van der Waals surface area contributed by atoms with Gasteiger partial charge in [-0.05, 0) is 43.0 Å². The van der Waals surface area contributed by atoms with Gasteiger partial charge in [0.15, 0.2) is 0 Å². The summed E-state index contributed by atoms with van der Waals surface area (Å²) in [6.45, 7) is 4.07. The van der Waals surface area contributed by atoms with Gasteiger partial charge in [0.2, 0.25) is 0 Å². The molecule has 0 bridgehead atoms. The molecule has 2 aromatic carbocycles. The van der Waals surface area contributed by atoms with Gasteiger partial charge in [-0.2, -0.15) is 0 Å². The smallest absolute Gasteiger partial charge is 0.130 e. The second kappa shape index (κ2) is 6.11. The molecule has 4 heteroatoms. The fourth-order valence-corrected chi connectivity index (χ4v) is 2.21. The van der Waals surface area contributed by atoms with Crippen LogP contribution in [-0.4, -0.2) is 0 Å². The lowest BCUT2D eigenvalue weighted by atomic mass is 9.96. The number of aryl methyl sites for hydroxylation is 2. The van der Waals surface area contributed by atoms with Crippen LogP contribution in [0.2, 0.25) is 0 Å². The Morgan fingerprint density at radius 1 is 1.05 bits per heavy atom. The minimum atomic E-state index is -0.590. The van der Waals surface area contributed by atoms with E-state index in [9.17, 15) is 8.78 Å². The first kappa shape index (κ1) is 14.6. The lowest BCUT2D eigenvalue weighted by Gasteiger charge is -2.18. The predicted molar refractivity (Wildman–Crippen MR) is 76.0 cm³/mol. The van der Waals surface area contributed by atoms with Crippen LogP contribution >= 0.6 is 0 Å². The van der Waals surface area contributed by atoms with Crippen molar-refractivity contribution in [2.75, 3.05) is 0 Å². The highest BCUT2D eigenvalue weighted by Crippen LogP contribution is 2.22. The van der Waals surface area contributed by atoms with Crippen molar-refractivity contribution in [3.63, 3.8) is 0 Å². The average Bonchev–Trinajstić information content (AvgIpc) is 2.41. The maximum Gasteiger partial charge on any atom is 0.130 e. The Labute approximate surface area is 117 Å². The first-order valence-corrected chi connectivity index (χ1v) is 6.48. The van der Waals surface area contributed by atoms with Gasteiger partial charge in [0.25, 0.3) is 0 Å². The number of nitrogens with two attached hydrogens (primary N) is 1. The van der Waals surface area contributed by atoms with E-state index < -0.39 is 17.7 Å². The van der Waals surface area contributed by atoms with Crippen LogP contribution in [0.5, 0.6) is 0 Å². The fraction of sp³-hybridized carbons (Fsp3) is 0.250. The fourth-order valence-electron chi connectivity index (χ4n) is 2.21. The Kier molecular flexibility index (Phi) is 4.47. The molecule has 1 unspecified atom stereocenters. The molecule has 0 aliphatic rings. The SMILES string of the molecule is Cc1ccc(CC(NN)c2ccc(F)cc2F)cc1C. The average molecular weight is 276 g/mol. The zero-order chi connectivity index (χ0) is 14.7. The molecule has 0 aliphatic carbocycles. The molecule has 2 aromatic rings. The molecule has 0 aliphatic heterocycles. The van der Waals surface area contributed by atoms with Gasteiger partial charge in [-0.15, -0.1) is 0 Å². The van der Waals surface area contributed by atoms with Crippen LogP contribution < -0.4 is 11.3 Å². The Morgan fingerprint density at radius 2 is 1.80 bits per heavy atom. The van der Waals surface area contributed by atoms with Gasteiger partial charge in [0.05, 0.1) is 6.04 Å². The highest BCUT2D eigenvalue weighted by atomic mass is 19.1. The second-order valence-electron chi connectivity index (χ2n) is 5.01. The van der Waals surface area contributed by atoms with Crippen molar-refractivity contribution < 1.29 is 8.78 Å². The molecule has 0 aromatic heterocycles. The minimum absolute atomic E-state index is 0.368. The summed E-state index contributed by atoms with van der Waals surface area (Å²) in [7, 11) is 0. The van der Waals surface area contributed by atoms with Crippen LogP contribution in [-0.2, 0) is 6.42 Å². The summed E-state index contributed by atoms with van der Waals surface area (Å²) >= 11 is 0.